The zero-order valence-corrected chi connectivity index (χ0v) is 19.9. The number of carbonyl (C=O) groups is 1. The van der Waals surface area contributed by atoms with Crippen LogP contribution in [0.5, 0.6) is 5.75 Å². The quantitative estimate of drug-likeness (QED) is 0.280. The highest BCUT2D eigenvalue weighted by molar-refractivity contribution is 7.99. The minimum absolute atomic E-state index is 0.0548. The van der Waals surface area contributed by atoms with Gasteiger partial charge in [0, 0.05) is 25.3 Å². The summed E-state index contributed by atoms with van der Waals surface area (Å²) in [5.41, 5.74) is 2.76. The number of anilines is 1. The van der Waals surface area contributed by atoms with E-state index in [1.165, 1.54) is 11.8 Å². The van der Waals surface area contributed by atoms with Gasteiger partial charge in [0.25, 0.3) is 0 Å². The second kappa shape index (κ2) is 10.0. The Labute approximate surface area is 200 Å². The SMILES string of the molecule is C=CCn1c(SCC(=O)Nc2ccc3c(c2)n(CC)c(=O)n3CC)nnc1-c1ccccc1O. The number of phenols is 1. The van der Waals surface area contributed by atoms with Crippen LogP contribution < -0.4 is 11.0 Å². The molecule has 4 aromatic rings. The standard InChI is InChI=1S/C24H26N6O3S/c1-4-13-30-22(17-9-7-8-10-20(17)31)26-27-23(30)34-15-21(32)25-16-11-12-18-19(14-16)29(6-3)24(33)28(18)5-2/h4,7-12,14,31H,1,5-6,13,15H2,2-3H3,(H,25,32). The fourth-order valence-electron chi connectivity index (χ4n) is 3.89. The van der Waals surface area contributed by atoms with E-state index in [9.17, 15) is 14.7 Å². The van der Waals surface area contributed by atoms with Crippen molar-refractivity contribution in [3.63, 3.8) is 0 Å². The number of aryl methyl sites for hydroxylation is 2. The molecule has 2 N–H and O–H groups in total. The van der Waals surface area contributed by atoms with Crippen molar-refractivity contribution in [2.75, 3.05) is 11.1 Å². The number of nitrogens with zero attached hydrogens (tertiary/aromatic N) is 5. The van der Waals surface area contributed by atoms with E-state index in [0.29, 0.717) is 41.9 Å². The van der Waals surface area contributed by atoms with Crippen LogP contribution in [0, 0.1) is 0 Å². The van der Waals surface area contributed by atoms with Crippen LogP contribution >= 0.6 is 11.8 Å². The number of para-hydroxylation sites is 1. The van der Waals surface area contributed by atoms with Crippen molar-refractivity contribution < 1.29 is 9.90 Å². The molecule has 0 aliphatic carbocycles. The number of allylic oxidation sites excluding steroid dienone is 1. The van der Waals surface area contributed by atoms with Crippen molar-refractivity contribution in [1.29, 1.82) is 0 Å². The third kappa shape index (κ3) is 4.36. The molecule has 34 heavy (non-hydrogen) atoms. The number of benzene rings is 2. The van der Waals surface area contributed by atoms with E-state index in [4.69, 9.17) is 0 Å². The lowest BCUT2D eigenvalue weighted by Gasteiger charge is -2.09. The lowest BCUT2D eigenvalue weighted by Crippen LogP contribution is -2.23. The normalized spacial score (nSPS) is 11.1. The van der Waals surface area contributed by atoms with Crippen LogP contribution in [0.1, 0.15) is 13.8 Å². The van der Waals surface area contributed by atoms with Crippen LogP contribution in [0.4, 0.5) is 5.69 Å². The van der Waals surface area contributed by atoms with Crippen LogP contribution in [-0.2, 0) is 24.4 Å². The van der Waals surface area contributed by atoms with Crippen LogP contribution in [0.2, 0.25) is 0 Å². The molecule has 0 fully saturated rings. The molecule has 2 aromatic carbocycles. The molecule has 0 radical (unpaired) electrons. The molecule has 2 aromatic heterocycles. The molecule has 0 unspecified atom stereocenters. The predicted octanol–water partition coefficient (Wildman–Crippen LogP) is 3.72. The average molecular weight is 479 g/mol. The Bertz CT molecular complexity index is 1420. The van der Waals surface area contributed by atoms with Crippen LogP contribution in [-0.4, -0.2) is 40.7 Å². The number of carbonyl (C=O) groups excluding carboxylic acids is 1. The van der Waals surface area contributed by atoms with Crippen molar-refractivity contribution in [3.8, 4) is 17.1 Å². The smallest absolute Gasteiger partial charge is 0.329 e. The Hall–Kier alpha value is -3.79. The van der Waals surface area contributed by atoms with Gasteiger partial charge in [-0.2, -0.15) is 0 Å². The fourth-order valence-corrected chi connectivity index (χ4v) is 4.63. The molecular formula is C24H26N6O3S. The highest BCUT2D eigenvalue weighted by Crippen LogP contribution is 2.30. The van der Waals surface area contributed by atoms with E-state index in [1.54, 1.807) is 44.0 Å². The zero-order chi connectivity index (χ0) is 24.2. The number of phenolic OH excluding ortho intramolecular Hbond substituents is 1. The largest absolute Gasteiger partial charge is 0.507 e. The van der Waals surface area contributed by atoms with E-state index < -0.39 is 0 Å². The van der Waals surface area contributed by atoms with Gasteiger partial charge in [-0.3, -0.25) is 18.5 Å². The Kier molecular flexibility index (Phi) is 6.87. The minimum Gasteiger partial charge on any atom is -0.507 e. The van der Waals surface area contributed by atoms with Crippen molar-refractivity contribution in [3.05, 3.63) is 65.6 Å². The molecular weight excluding hydrogens is 452 g/mol. The molecule has 1 amide bonds. The number of fused-ring (bicyclic) bond motifs is 1. The van der Waals surface area contributed by atoms with Gasteiger partial charge in [0.2, 0.25) is 5.91 Å². The van der Waals surface area contributed by atoms with Gasteiger partial charge in [-0.25, -0.2) is 4.79 Å². The summed E-state index contributed by atoms with van der Waals surface area (Å²) in [6.07, 6.45) is 1.71. The van der Waals surface area contributed by atoms with Gasteiger partial charge in [0.05, 0.1) is 22.3 Å². The Morgan fingerprint density at radius 3 is 2.53 bits per heavy atom. The first-order valence-corrected chi connectivity index (χ1v) is 11.9. The van der Waals surface area contributed by atoms with E-state index in [2.05, 4.69) is 22.1 Å². The number of rotatable bonds is 9. The Morgan fingerprint density at radius 1 is 1.09 bits per heavy atom. The Morgan fingerprint density at radius 2 is 1.82 bits per heavy atom. The molecule has 0 spiro atoms. The van der Waals surface area contributed by atoms with E-state index >= 15 is 0 Å². The van der Waals surface area contributed by atoms with Crippen molar-refractivity contribution in [1.82, 2.24) is 23.9 Å². The van der Waals surface area contributed by atoms with Gasteiger partial charge in [-0.1, -0.05) is 30.0 Å². The predicted molar refractivity (Wildman–Crippen MR) is 134 cm³/mol. The summed E-state index contributed by atoms with van der Waals surface area (Å²) in [4.78, 5) is 25.2. The number of aromatic hydroxyl groups is 1. The van der Waals surface area contributed by atoms with Crippen LogP contribution in [0.25, 0.3) is 22.4 Å². The lowest BCUT2D eigenvalue weighted by molar-refractivity contribution is -0.113. The third-order valence-electron chi connectivity index (χ3n) is 5.44. The summed E-state index contributed by atoms with van der Waals surface area (Å²) in [7, 11) is 0. The van der Waals surface area contributed by atoms with Gasteiger partial charge in [0.15, 0.2) is 11.0 Å². The maximum absolute atomic E-state index is 12.7. The first kappa shape index (κ1) is 23.4. The summed E-state index contributed by atoms with van der Waals surface area (Å²) in [6, 6.07) is 12.4. The average Bonchev–Trinajstić information content (AvgIpc) is 3.35. The molecule has 4 rings (SSSR count). The number of imidazole rings is 1. The molecule has 0 aliphatic heterocycles. The molecule has 0 aliphatic rings. The Balaban J connectivity index is 1.51. The summed E-state index contributed by atoms with van der Waals surface area (Å²) in [5.74, 6) is 0.517. The van der Waals surface area contributed by atoms with Gasteiger partial charge < -0.3 is 10.4 Å². The maximum atomic E-state index is 12.7. The summed E-state index contributed by atoms with van der Waals surface area (Å²) >= 11 is 1.25. The second-order valence-electron chi connectivity index (χ2n) is 7.53. The van der Waals surface area contributed by atoms with Gasteiger partial charge in [-0.15, -0.1) is 16.8 Å². The minimum atomic E-state index is -0.207. The van der Waals surface area contributed by atoms with Gasteiger partial charge >= 0.3 is 5.69 Å². The zero-order valence-electron chi connectivity index (χ0n) is 19.1. The third-order valence-corrected chi connectivity index (χ3v) is 6.41. The second-order valence-corrected chi connectivity index (χ2v) is 8.48. The maximum Gasteiger partial charge on any atom is 0.329 e. The molecule has 0 atom stereocenters. The number of hydrogen-bond acceptors (Lipinski definition) is 6. The van der Waals surface area contributed by atoms with Crippen molar-refractivity contribution in [2.24, 2.45) is 0 Å². The molecule has 0 saturated heterocycles. The molecule has 10 heteroatoms. The van der Waals surface area contributed by atoms with E-state index in [1.807, 2.05) is 32.0 Å². The van der Waals surface area contributed by atoms with Gasteiger partial charge in [-0.05, 0) is 44.2 Å². The number of nitrogens with one attached hydrogen (secondary N) is 1. The van der Waals surface area contributed by atoms with Crippen molar-refractivity contribution >= 4 is 34.4 Å². The molecule has 2 heterocycles. The van der Waals surface area contributed by atoms with E-state index in [-0.39, 0.29) is 23.1 Å². The first-order valence-electron chi connectivity index (χ1n) is 11.0. The number of hydrogen-bond donors (Lipinski definition) is 2. The number of aromatic nitrogens is 5. The molecule has 0 saturated carbocycles. The van der Waals surface area contributed by atoms with Gasteiger partial charge in [0.1, 0.15) is 5.75 Å². The van der Waals surface area contributed by atoms with E-state index in [0.717, 1.165) is 11.0 Å². The highest BCUT2D eigenvalue weighted by atomic mass is 32.2. The summed E-state index contributed by atoms with van der Waals surface area (Å²) in [5, 5.41) is 22.1. The summed E-state index contributed by atoms with van der Waals surface area (Å²) < 4.78 is 5.22. The number of thioether (sulfide) groups is 1. The van der Waals surface area contributed by atoms with Crippen LogP contribution in [0.3, 0.4) is 0 Å². The lowest BCUT2D eigenvalue weighted by atomic mass is 10.2. The number of amides is 1. The topological polar surface area (TPSA) is 107 Å². The summed E-state index contributed by atoms with van der Waals surface area (Å²) in [6.45, 7) is 9.20. The molecule has 0 bridgehead atoms. The fraction of sp³-hybridized carbons (Fsp3) is 0.250. The van der Waals surface area contributed by atoms with Crippen LogP contribution in [0.15, 0.2) is 65.1 Å². The van der Waals surface area contributed by atoms with Crippen molar-refractivity contribution in [2.45, 2.75) is 38.6 Å². The monoisotopic (exact) mass is 478 g/mol. The molecule has 9 nitrogen and oxygen atoms in total. The highest BCUT2D eigenvalue weighted by Gasteiger charge is 2.18. The molecule has 176 valence electrons. The first-order chi connectivity index (χ1) is 16.5.